The molecule has 2 aliphatic heterocycles. The molecule has 0 atom stereocenters. The summed E-state index contributed by atoms with van der Waals surface area (Å²) in [4.78, 5) is 45.9. The minimum Gasteiger partial charge on any atom is -0.336 e. The second-order valence-electron chi connectivity index (χ2n) is 7.73. The highest BCUT2D eigenvalue weighted by atomic mass is 16.2. The lowest BCUT2D eigenvalue weighted by Gasteiger charge is -2.36. The van der Waals surface area contributed by atoms with Gasteiger partial charge in [0, 0.05) is 44.1 Å². The molecule has 3 heterocycles. The molecule has 2 aliphatic rings. The van der Waals surface area contributed by atoms with Gasteiger partial charge < -0.3 is 14.8 Å². The SMILES string of the molecule is Cc1ccc(C(=O)N2CCN(CC(=O)N3CCCc4ccccc43)CC2)c(=O)[nH]1. The molecule has 2 aromatic rings. The molecule has 2 amide bonds. The summed E-state index contributed by atoms with van der Waals surface area (Å²) in [6.07, 6.45) is 2.00. The van der Waals surface area contributed by atoms with Gasteiger partial charge in [-0.25, -0.2) is 0 Å². The van der Waals surface area contributed by atoms with Crippen molar-refractivity contribution >= 4 is 17.5 Å². The van der Waals surface area contributed by atoms with E-state index in [0.29, 0.717) is 32.7 Å². The van der Waals surface area contributed by atoms with Gasteiger partial charge >= 0.3 is 0 Å². The van der Waals surface area contributed by atoms with Gasteiger partial charge in [-0.3, -0.25) is 19.3 Å². The molecule has 0 spiro atoms. The Morgan fingerprint density at radius 3 is 2.52 bits per heavy atom. The number of rotatable bonds is 3. The number of anilines is 1. The van der Waals surface area contributed by atoms with Crippen molar-refractivity contribution in [2.24, 2.45) is 0 Å². The standard InChI is InChI=1S/C22H26N4O3/c1-16-8-9-18(21(28)23-16)22(29)25-13-11-24(12-14-25)15-20(27)26-10-4-6-17-5-2-3-7-19(17)26/h2-3,5,7-9H,4,6,10-15H2,1H3,(H,23,28). The van der Waals surface area contributed by atoms with Gasteiger partial charge in [0.2, 0.25) is 5.91 Å². The topological polar surface area (TPSA) is 76.7 Å². The van der Waals surface area contributed by atoms with Crippen molar-refractivity contribution in [3.63, 3.8) is 0 Å². The number of aromatic nitrogens is 1. The smallest absolute Gasteiger partial charge is 0.260 e. The van der Waals surface area contributed by atoms with Crippen molar-refractivity contribution in [2.75, 3.05) is 44.2 Å². The van der Waals surface area contributed by atoms with Gasteiger partial charge in [-0.15, -0.1) is 0 Å². The molecule has 1 N–H and O–H groups in total. The number of carbonyl (C=O) groups is 2. The number of hydrogen-bond donors (Lipinski definition) is 1. The first-order valence-corrected chi connectivity index (χ1v) is 10.1. The fourth-order valence-electron chi connectivity index (χ4n) is 4.09. The molecule has 0 aliphatic carbocycles. The summed E-state index contributed by atoms with van der Waals surface area (Å²) in [5, 5.41) is 0. The average molecular weight is 394 g/mol. The molecule has 29 heavy (non-hydrogen) atoms. The number of aromatic amines is 1. The fourth-order valence-corrected chi connectivity index (χ4v) is 4.09. The van der Waals surface area contributed by atoms with Gasteiger partial charge in [-0.2, -0.15) is 0 Å². The normalized spacial score (nSPS) is 17.1. The van der Waals surface area contributed by atoms with E-state index < -0.39 is 0 Å². The van der Waals surface area contributed by atoms with Crippen molar-refractivity contribution in [3.8, 4) is 0 Å². The Hall–Kier alpha value is -2.93. The minimum absolute atomic E-state index is 0.104. The number of aryl methyl sites for hydroxylation is 2. The van der Waals surface area contributed by atoms with Crippen LogP contribution < -0.4 is 10.5 Å². The summed E-state index contributed by atoms with van der Waals surface area (Å²) in [6, 6.07) is 11.4. The zero-order chi connectivity index (χ0) is 20.4. The fraction of sp³-hybridized carbons (Fsp3) is 0.409. The molecule has 0 unspecified atom stereocenters. The van der Waals surface area contributed by atoms with E-state index in [1.165, 1.54) is 5.56 Å². The highest BCUT2D eigenvalue weighted by molar-refractivity contribution is 5.96. The Morgan fingerprint density at radius 1 is 1.00 bits per heavy atom. The Kier molecular flexibility index (Phi) is 5.49. The van der Waals surface area contributed by atoms with Gasteiger partial charge in [0.05, 0.1) is 6.54 Å². The number of pyridine rings is 1. The number of hydrogen-bond acceptors (Lipinski definition) is 4. The van der Waals surface area contributed by atoms with Crippen molar-refractivity contribution in [2.45, 2.75) is 19.8 Å². The number of nitrogens with zero attached hydrogens (tertiary/aromatic N) is 3. The third-order valence-corrected chi connectivity index (χ3v) is 5.72. The van der Waals surface area contributed by atoms with E-state index in [0.717, 1.165) is 30.8 Å². The number of H-pyrrole nitrogens is 1. The summed E-state index contributed by atoms with van der Waals surface area (Å²) in [6.45, 7) is 5.15. The van der Waals surface area contributed by atoms with E-state index in [9.17, 15) is 14.4 Å². The van der Waals surface area contributed by atoms with Crippen LogP contribution in [0.3, 0.4) is 0 Å². The molecule has 1 saturated heterocycles. The summed E-state index contributed by atoms with van der Waals surface area (Å²) in [7, 11) is 0. The summed E-state index contributed by atoms with van der Waals surface area (Å²) < 4.78 is 0. The maximum atomic E-state index is 12.9. The summed E-state index contributed by atoms with van der Waals surface area (Å²) in [5.74, 6) is -0.144. The van der Waals surface area contributed by atoms with Crippen LogP contribution in [0.1, 0.15) is 28.0 Å². The van der Waals surface area contributed by atoms with E-state index in [4.69, 9.17) is 0 Å². The zero-order valence-corrected chi connectivity index (χ0v) is 16.7. The first-order valence-electron chi connectivity index (χ1n) is 10.1. The number of para-hydroxylation sites is 1. The Balaban J connectivity index is 1.35. The van der Waals surface area contributed by atoms with Crippen molar-refractivity contribution in [1.29, 1.82) is 0 Å². The number of amides is 2. The Bertz CT molecular complexity index is 976. The molecule has 4 rings (SSSR count). The van der Waals surface area contributed by atoms with Crippen molar-refractivity contribution < 1.29 is 9.59 Å². The van der Waals surface area contributed by atoms with Crippen LogP contribution in [0.2, 0.25) is 0 Å². The first kappa shape index (κ1) is 19.4. The minimum atomic E-state index is -0.351. The summed E-state index contributed by atoms with van der Waals surface area (Å²) in [5.41, 5.74) is 2.80. The lowest BCUT2D eigenvalue weighted by Crippen LogP contribution is -2.52. The van der Waals surface area contributed by atoms with Crippen molar-refractivity contribution in [3.05, 3.63) is 63.6 Å². The van der Waals surface area contributed by atoms with Gasteiger partial charge in [-0.05, 0) is 43.5 Å². The van der Waals surface area contributed by atoms with Crippen LogP contribution >= 0.6 is 0 Å². The molecule has 1 aromatic heterocycles. The van der Waals surface area contributed by atoms with Gasteiger partial charge in [0.25, 0.3) is 11.5 Å². The third kappa shape index (κ3) is 4.10. The third-order valence-electron chi connectivity index (χ3n) is 5.72. The number of benzene rings is 1. The number of nitrogens with one attached hydrogen (secondary N) is 1. The highest BCUT2D eigenvalue weighted by Gasteiger charge is 2.27. The monoisotopic (exact) mass is 394 g/mol. The largest absolute Gasteiger partial charge is 0.336 e. The molecular formula is C22H26N4O3. The van der Waals surface area contributed by atoms with Crippen LogP contribution in [0.25, 0.3) is 0 Å². The predicted molar refractivity (Wildman–Crippen MR) is 111 cm³/mol. The quantitative estimate of drug-likeness (QED) is 0.854. The first-order chi connectivity index (χ1) is 14.0. The Labute approximate surface area is 169 Å². The van der Waals surface area contributed by atoms with Crippen LogP contribution in [-0.4, -0.2) is 65.9 Å². The van der Waals surface area contributed by atoms with Gasteiger partial charge in [0.15, 0.2) is 0 Å². The number of piperazine rings is 1. The van der Waals surface area contributed by atoms with Crippen LogP contribution in [-0.2, 0) is 11.2 Å². The van der Waals surface area contributed by atoms with Crippen LogP contribution in [0.5, 0.6) is 0 Å². The lowest BCUT2D eigenvalue weighted by atomic mass is 10.0. The van der Waals surface area contributed by atoms with Crippen molar-refractivity contribution in [1.82, 2.24) is 14.8 Å². The van der Waals surface area contributed by atoms with E-state index in [2.05, 4.69) is 16.0 Å². The molecule has 7 nitrogen and oxygen atoms in total. The molecule has 152 valence electrons. The van der Waals surface area contributed by atoms with E-state index in [1.54, 1.807) is 24.0 Å². The molecule has 7 heteroatoms. The average Bonchev–Trinajstić information content (AvgIpc) is 2.73. The highest BCUT2D eigenvalue weighted by Crippen LogP contribution is 2.26. The number of carbonyl (C=O) groups excluding carboxylic acids is 2. The maximum Gasteiger partial charge on any atom is 0.260 e. The molecule has 1 fully saturated rings. The predicted octanol–water partition coefficient (Wildman–Crippen LogP) is 1.42. The lowest BCUT2D eigenvalue weighted by molar-refractivity contribution is -0.120. The molecule has 0 radical (unpaired) electrons. The van der Waals surface area contributed by atoms with Crippen LogP contribution in [0.15, 0.2) is 41.2 Å². The maximum absolute atomic E-state index is 12.9. The van der Waals surface area contributed by atoms with E-state index in [1.807, 2.05) is 23.1 Å². The number of fused-ring (bicyclic) bond motifs is 1. The van der Waals surface area contributed by atoms with Gasteiger partial charge in [-0.1, -0.05) is 18.2 Å². The second-order valence-corrected chi connectivity index (χ2v) is 7.73. The van der Waals surface area contributed by atoms with E-state index >= 15 is 0 Å². The summed E-state index contributed by atoms with van der Waals surface area (Å²) >= 11 is 0. The molecule has 0 saturated carbocycles. The van der Waals surface area contributed by atoms with Crippen LogP contribution in [0.4, 0.5) is 5.69 Å². The molecular weight excluding hydrogens is 368 g/mol. The van der Waals surface area contributed by atoms with Gasteiger partial charge in [0.1, 0.15) is 5.56 Å². The second kappa shape index (κ2) is 8.21. The van der Waals surface area contributed by atoms with Crippen LogP contribution in [0, 0.1) is 6.92 Å². The Morgan fingerprint density at radius 2 is 1.76 bits per heavy atom. The molecule has 0 bridgehead atoms. The molecule has 1 aromatic carbocycles. The zero-order valence-electron chi connectivity index (χ0n) is 16.7. The van der Waals surface area contributed by atoms with E-state index in [-0.39, 0.29) is 22.9 Å².